The fraction of sp³-hybridized carbons (Fsp3) is 1.00. The lowest BCUT2D eigenvalue weighted by molar-refractivity contribution is 0.00816. The Hall–Kier alpha value is -0.120. The highest BCUT2D eigenvalue weighted by Crippen LogP contribution is 2.23. The van der Waals surface area contributed by atoms with Gasteiger partial charge in [0, 0.05) is 18.6 Å². The van der Waals surface area contributed by atoms with Crippen LogP contribution < -0.4 is 5.32 Å². The Morgan fingerprint density at radius 1 is 1.24 bits per heavy atom. The van der Waals surface area contributed by atoms with Crippen molar-refractivity contribution in [3.63, 3.8) is 0 Å². The van der Waals surface area contributed by atoms with Gasteiger partial charge in [0.05, 0.1) is 12.2 Å². The number of rotatable bonds is 7. The van der Waals surface area contributed by atoms with Crippen molar-refractivity contribution in [1.82, 2.24) is 10.2 Å². The van der Waals surface area contributed by atoms with Gasteiger partial charge in [-0.25, -0.2) is 0 Å². The highest BCUT2D eigenvalue weighted by molar-refractivity contribution is 4.83. The second kappa shape index (κ2) is 6.72. The molecular weight excluding hydrogens is 212 g/mol. The number of hydrogen-bond acceptors (Lipinski definition) is 3. The average Bonchev–Trinajstić information content (AvgIpc) is 2.74. The van der Waals surface area contributed by atoms with E-state index in [9.17, 15) is 0 Å². The molecule has 17 heavy (non-hydrogen) atoms. The average molecular weight is 242 g/mol. The first-order valence-electron chi connectivity index (χ1n) is 7.07. The maximum atomic E-state index is 6.07. The molecule has 3 nitrogen and oxygen atoms in total. The van der Waals surface area contributed by atoms with Crippen LogP contribution in [0.2, 0.25) is 0 Å². The van der Waals surface area contributed by atoms with Crippen molar-refractivity contribution in [3.8, 4) is 0 Å². The van der Waals surface area contributed by atoms with Gasteiger partial charge in [-0.2, -0.15) is 0 Å². The summed E-state index contributed by atoms with van der Waals surface area (Å²) in [6.07, 6.45) is 4.45. The Labute approximate surface area is 107 Å². The third-order valence-electron chi connectivity index (χ3n) is 4.19. The summed E-state index contributed by atoms with van der Waals surface area (Å²) >= 11 is 0. The van der Waals surface area contributed by atoms with E-state index in [2.05, 4.69) is 45.0 Å². The molecule has 0 bridgehead atoms. The van der Waals surface area contributed by atoms with Gasteiger partial charge in [-0.15, -0.1) is 0 Å². The molecule has 0 aliphatic carbocycles. The first-order chi connectivity index (χ1) is 7.99. The molecule has 2 unspecified atom stereocenters. The van der Waals surface area contributed by atoms with Gasteiger partial charge in [-0.05, 0) is 46.7 Å². The Kier molecular flexibility index (Phi) is 5.90. The summed E-state index contributed by atoms with van der Waals surface area (Å²) < 4.78 is 6.07. The van der Waals surface area contributed by atoms with Crippen molar-refractivity contribution >= 4 is 0 Å². The van der Waals surface area contributed by atoms with E-state index < -0.39 is 0 Å². The molecule has 0 aromatic heterocycles. The Bertz CT molecular complexity index is 218. The van der Waals surface area contributed by atoms with Crippen LogP contribution in [0.3, 0.4) is 0 Å². The molecular formula is C14H30N2O. The molecule has 2 atom stereocenters. The maximum Gasteiger partial charge on any atom is 0.0707 e. The number of hydrogen-bond donors (Lipinski definition) is 1. The fourth-order valence-electron chi connectivity index (χ4n) is 2.19. The number of ether oxygens (including phenoxy) is 1. The lowest BCUT2D eigenvalue weighted by Crippen LogP contribution is -2.44. The molecule has 0 aromatic rings. The Morgan fingerprint density at radius 2 is 1.88 bits per heavy atom. The standard InChI is InChI=1S/C14H30N2O/c1-6-14(3,4)16(5)11-13-9-8-12(17-13)10-15-7-2/h12-13,15H,6-11H2,1-5H3. The first kappa shape index (κ1) is 14.9. The van der Waals surface area contributed by atoms with Crippen molar-refractivity contribution in [2.75, 3.05) is 26.7 Å². The molecule has 0 amide bonds. The van der Waals surface area contributed by atoms with Crippen molar-refractivity contribution in [2.45, 2.75) is 64.7 Å². The van der Waals surface area contributed by atoms with Crippen molar-refractivity contribution < 1.29 is 4.74 Å². The fourth-order valence-corrected chi connectivity index (χ4v) is 2.19. The predicted molar refractivity (Wildman–Crippen MR) is 73.4 cm³/mol. The normalized spacial score (nSPS) is 25.8. The summed E-state index contributed by atoms with van der Waals surface area (Å²) in [6.45, 7) is 12.1. The van der Waals surface area contributed by atoms with Gasteiger partial charge in [-0.1, -0.05) is 13.8 Å². The maximum absolute atomic E-state index is 6.07. The molecule has 3 heteroatoms. The summed E-state index contributed by atoms with van der Waals surface area (Å²) in [5.74, 6) is 0. The van der Waals surface area contributed by atoms with Crippen LogP contribution in [0.5, 0.6) is 0 Å². The molecule has 0 spiro atoms. The molecule has 0 aromatic carbocycles. The summed E-state index contributed by atoms with van der Waals surface area (Å²) in [5, 5.41) is 3.37. The van der Waals surface area contributed by atoms with Gasteiger partial charge in [0.15, 0.2) is 0 Å². The van der Waals surface area contributed by atoms with Crippen molar-refractivity contribution in [2.24, 2.45) is 0 Å². The molecule has 1 fully saturated rings. The predicted octanol–water partition coefficient (Wildman–Crippen LogP) is 2.26. The molecule has 102 valence electrons. The minimum absolute atomic E-state index is 0.281. The molecule has 1 aliphatic rings. The van der Waals surface area contributed by atoms with E-state index in [-0.39, 0.29) is 5.54 Å². The summed E-state index contributed by atoms with van der Waals surface area (Å²) in [4.78, 5) is 2.44. The molecule has 1 rings (SSSR count). The molecule has 1 heterocycles. The Morgan fingerprint density at radius 3 is 2.47 bits per heavy atom. The molecule has 1 aliphatic heterocycles. The lowest BCUT2D eigenvalue weighted by Gasteiger charge is -2.36. The van der Waals surface area contributed by atoms with Gasteiger partial charge in [0.1, 0.15) is 0 Å². The van der Waals surface area contributed by atoms with E-state index in [0.717, 1.165) is 19.6 Å². The zero-order valence-electron chi connectivity index (χ0n) is 12.3. The minimum atomic E-state index is 0.281. The second-order valence-electron chi connectivity index (χ2n) is 5.81. The molecule has 1 N–H and O–H groups in total. The third kappa shape index (κ3) is 4.57. The van der Waals surface area contributed by atoms with Crippen LogP contribution in [0.4, 0.5) is 0 Å². The van der Waals surface area contributed by atoms with Gasteiger partial charge in [0.25, 0.3) is 0 Å². The summed E-state index contributed by atoms with van der Waals surface area (Å²) in [7, 11) is 2.21. The summed E-state index contributed by atoms with van der Waals surface area (Å²) in [6, 6.07) is 0. The number of nitrogens with zero attached hydrogens (tertiary/aromatic N) is 1. The Balaban J connectivity index is 2.30. The van der Waals surface area contributed by atoms with E-state index in [1.54, 1.807) is 0 Å². The quantitative estimate of drug-likeness (QED) is 0.741. The van der Waals surface area contributed by atoms with Gasteiger partial charge >= 0.3 is 0 Å². The van der Waals surface area contributed by atoms with Crippen LogP contribution in [-0.4, -0.2) is 49.3 Å². The number of nitrogens with one attached hydrogen (secondary N) is 1. The lowest BCUT2D eigenvalue weighted by atomic mass is 9.99. The minimum Gasteiger partial charge on any atom is -0.372 e. The SMILES string of the molecule is CCNCC1CCC(CN(C)C(C)(C)CC)O1. The van der Waals surface area contributed by atoms with E-state index in [1.165, 1.54) is 19.3 Å². The smallest absolute Gasteiger partial charge is 0.0707 e. The molecule has 0 radical (unpaired) electrons. The molecule has 0 saturated carbocycles. The van der Waals surface area contributed by atoms with Crippen LogP contribution >= 0.6 is 0 Å². The van der Waals surface area contributed by atoms with Crippen LogP contribution in [0.25, 0.3) is 0 Å². The first-order valence-corrected chi connectivity index (χ1v) is 7.07. The number of likely N-dealkylation sites (N-methyl/N-ethyl adjacent to an activating group) is 2. The third-order valence-corrected chi connectivity index (χ3v) is 4.19. The van der Waals surface area contributed by atoms with Crippen molar-refractivity contribution in [1.29, 1.82) is 0 Å². The highest BCUT2D eigenvalue weighted by Gasteiger charge is 2.29. The van der Waals surface area contributed by atoms with E-state index in [4.69, 9.17) is 4.74 Å². The van der Waals surface area contributed by atoms with E-state index in [0.29, 0.717) is 12.2 Å². The van der Waals surface area contributed by atoms with Crippen LogP contribution in [0, 0.1) is 0 Å². The van der Waals surface area contributed by atoms with Crippen LogP contribution in [-0.2, 0) is 4.74 Å². The zero-order chi connectivity index (χ0) is 12.9. The van der Waals surface area contributed by atoms with Gasteiger partial charge < -0.3 is 10.1 Å². The monoisotopic (exact) mass is 242 g/mol. The van der Waals surface area contributed by atoms with Crippen molar-refractivity contribution in [3.05, 3.63) is 0 Å². The molecule has 1 saturated heterocycles. The topological polar surface area (TPSA) is 24.5 Å². The van der Waals surface area contributed by atoms with E-state index in [1.807, 2.05) is 0 Å². The second-order valence-corrected chi connectivity index (χ2v) is 5.81. The largest absolute Gasteiger partial charge is 0.372 e. The van der Waals surface area contributed by atoms with Gasteiger partial charge in [-0.3, -0.25) is 4.90 Å². The zero-order valence-corrected chi connectivity index (χ0v) is 12.3. The summed E-state index contributed by atoms with van der Waals surface area (Å²) in [5.41, 5.74) is 0.281. The van der Waals surface area contributed by atoms with Crippen LogP contribution in [0.1, 0.15) is 47.0 Å². The van der Waals surface area contributed by atoms with Crippen LogP contribution in [0.15, 0.2) is 0 Å². The van der Waals surface area contributed by atoms with E-state index >= 15 is 0 Å². The highest BCUT2D eigenvalue weighted by atomic mass is 16.5. The van der Waals surface area contributed by atoms with Gasteiger partial charge in [0.2, 0.25) is 0 Å².